The van der Waals surface area contributed by atoms with Crippen molar-refractivity contribution in [1.29, 1.82) is 0 Å². The first kappa shape index (κ1) is 17.2. The average Bonchev–Trinajstić information content (AvgIpc) is 3.15. The van der Waals surface area contributed by atoms with Gasteiger partial charge in [0.25, 0.3) is 5.89 Å². The summed E-state index contributed by atoms with van der Waals surface area (Å²) in [5.41, 5.74) is 3.09. The number of nitrogens with zero attached hydrogens (tertiary/aromatic N) is 3. The monoisotopic (exact) mass is 379 g/mol. The van der Waals surface area contributed by atoms with Crippen LogP contribution in [-0.2, 0) is 11.3 Å². The molecule has 0 aliphatic carbocycles. The highest BCUT2D eigenvalue weighted by molar-refractivity contribution is 6.29. The van der Waals surface area contributed by atoms with Crippen LogP contribution in [0.2, 0.25) is 5.15 Å². The van der Waals surface area contributed by atoms with Gasteiger partial charge in [0.2, 0.25) is 5.82 Å². The van der Waals surface area contributed by atoms with Crippen molar-refractivity contribution in [1.82, 2.24) is 15.1 Å². The number of halogens is 1. The third-order valence-corrected chi connectivity index (χ3v) is 4.21. The van der Waals surface area contributed by atoms with Gasteiger partial charge in [0.05, 0.1) is 11.1 Å². The van der Waals surface area contributed by atoms with Crippen molar-refractivity contribution in [3.05, 3.63) is 76.8 Å². The molecule has 2 aromatic heterocycles. The normalized spacial score (nSPS) is 10.9. The van der Waals surface area contributed by atoms with E-state index in [-0.39, 0.29) is 12.5 Å². The Labute approximate surface area is 159 Å². The Morgan fingerprint density at radius 1 is 1.07 bits per heavy atom. The zero-order valence-corrected chi connectivity index (χ0v) is 15.1. The summed E-state index contributed by atoms with van der Waals surface area (Å²) in [4.78, 5) is 20.7. The van der Waals surface area contributed by atoms with Gasteiger partial charge in [0.15, 0.2) is 6.61 Å². The van der Waals surface area contributed by atoms with E-state index in [9.17, 15) is 4.79 Å². The van der Waals surface area contributed by atoms with Gasteiger partial charge in [0.1, 0.15) is 5.15 Å². The van der Waals surface area contributed by atoms with Crippen LogP contribution in [0.5, 0.6) is 0 Å². The van der Waals surface area contributed by atoms with Gasteiger partial charge in [-0.25, -0.2) is 9.78 Å². The lowest BCUT2D eigenvalue weighted by atomic mass is 10.1. The molecule has 0 atom stereocenters. The Kier molecular flexibility index (Phi) is 4.56. The largest absolute Gasteiger partial charge is 0.452 e. The number of aryl methyl sites for hydroxylation is 1. The molecule has 0 amide bonds. The van der Waals surface area contributed by atoms with E-state index in [1.54, 1.807) is 30.3 Å². The van der Waals surface area contributed by atoms with Crippen LogP contribution in [0.3, 0.4) is 0 Å². The van der Waals surface area contributed by atoms with Crippen molar-refractivity contribution in [3.8, 4) is 11.4 Å². The Hall–Kier alpha value is -3.25. The van der Waals surface area contributed by atoms with E-state index in [1.165, 1.54) is 0 Å². The third-order valence-electron chi connectivity index (χ3n) is 4.00. The molecular formula is C20H14ClN3O3. The van der Waals surface area contributed by atoms with Gasteiger partial charge in [-0.05, 0) is 37.3 Å². The van der Waals surface area contributed by atoms with E-state index in [4.69, 9.17) is 20.9 Å². The Morgan fingerprint density at radius 3 is 2.70 bits per heavy atom. The van der Waals surface area contributed by atoms with Crippen LogP contribution in [0.4, 0.5) is 0 Å². The summed E-state index contributed by atoms with van der Waals surface area (Å²) in [5.74, 6) is 0.199. The predicted octanol–water partition coefficient (Wildman–Crippen LogP) is 4.60. The Bertz CT molecular complexity index is 1120. The molecule has 4 aromatic rings. The van der Waals surface area contributed by atoms with Crippen molar-refractivity contribution >= 4 is 28.5 Å². The smallest absolute Gasteiger partial charge is 0.338 e. The summed E-state index contributed by atoms with van der Waals surface area (Å²) < 4.78 is 10.4. The van der Waals surface area contributed by atoms with Crippen LogP contribution >= 0.6 is 11.6 Å². The highest BCUT2D eigenvalue weighted by Crippen LogP contribution is 2.19. The second kappa shape index (κ2) is 7.17. The number of hydrogen-bond donors (Lipinski definition) is 0. The van der Waals surface area contributed by atoms with Gasteiger partial charge in [-0.1, -0.05) is 46.6 Å². The molecule has 4 rings (SSSR count). The van der Waals surface area contributed by atoms with Crippen LogP contribution in [0.15, 0.2) is 59.1 Å². The molecule has 6 nitrogen and oxygen atoms in total. The van der Waals surface area contributed by atoms with E-state index in [2.05, 4.69) is 15.1 Å². The number of rotatable bonds is 4. The molecule has 0 unspecified atom stereocenters. The van der Waals surface area contributed by atoms with Crippen LogP contribution in [0.25, 0.3) is 22.3 Å². The predicted molar refractivity (Wildman–Crippen MR) is 100 cm³/mol. The number of carbonyl (C=O) groups is 1. The first-order chi connectivity index (χ1) is 13.1. The third kappa shape index (κ3) is 3.80. The summed E-state index contributed by atoms with van der Waals surface area (Å²) in [6.07, 6.45) is 0. The number of fused-ring (bicyclic) bond motifs is 1. The van der Waals surface area contributed by atoms with Gasteiger partial charge in [-0.15, -0.1) is 0 Å². The maximum absolute atomic E-state index is 12.3. The molecule has 27 heavy (non-hydrogen) atoms. The minimum atomic E-state index is -0.484. The van der Waals surface area contributed by atoms with Gasteiger partial charge >= 0.3 is 5.97 Å². The van der Waals surface area contributed by atoms with Gasteiger partial charge in [0, 0.05) is 10.9 Å². The van der Waals surface area contributed by atoms with E-state index in [0.29, 0.717) is 22.1 Å². The molecule has 0 bridgehead atoms. The number of aromatic nitrogens is 3. The fourth-order valence-electron chi connectivity index (χ4n) is 2.57. The SMILES string of the molecule is Cc1ccc(-c2noc(COC(=O)c3ccc4nc(Cl)ccc4c3)n2)cc1. The van der Waals surface area contributed by atoms with Gasteiger partial charge in [-0.2, -0.15) is 4.98 Å². The van der Waals surface area contributed by atoms with Crippen molar-refractivity contribution in [3.63, 3.8) is 0 Å². The summed E-state index contributed by atoms with van der Waals surface area (Å²) in [6, 6.07) is 16.3. The Balaban J connectivity index is 1.45. The lowest BCUT2D eigenvalue weighted by molar-refractivity contribution is 0.0430. The highest BCUT2D eigenvalue weighted by atomic mass is 35.5. The second-order valence-electron chi connectivity index (χ2n) is 6.00. The number of carbonyl (C=O) groups excluding carboxylic acids is 1. The fourth-order valence-corrected chi connectivity index (χ4v) is 2.73. The molecule has 0 aliphatic rings. The van der Waals surface area contributed by atoms with E-state index in [0.717, 1.165) is 16.5 Å². The number of hydrogen-bond acceptors (Lipinski definition) is 6. The van der Waals surface area contributed by atoms with Crippen molar-refractivity contribution in [2.75, 3.05) is 0 Å². The summed E-state index contributed by atoms with van der Waals surface area (Å²) in [6.45, 7) is 1.90. The lowest BCUT2D eigenvalue weighted by Crippen LogP contribution is -2.05. The van der Waals surface area contributed by atoms with E-state index < -0.39 is 5.97 Å². The van der Waals surface area contributed by atoms with Crippen LogP contribution < -0.4 is 0 Å². The molecule has 0 radical (unpaired) electrons. The van der Waals surface area contributed by atoms with Crippen molar-refractivity contribution in [2.24, 2.45) is 0 Å². The van der Waals surface area contributed by atoms with Crippen molar-refractivity contribution < 1.29 is 14.1 Å². The average molecular weight is 380 g/mol. The second-order valence-corrected chi connectivity index (χ2v) is 6.38. The van der Waals surface area contributed by atoms with E-state index in [1.807, 2.05) is 31.2 Å². The molecular weight excluding hydrogens is 366 g/mol. The number of pyridine rings is 1. The van der Waals surface area contributed by atoms with E-state index >= 15 is 0 Å². The van der Waals surface area contributed by atoms with Gasteiger partial charge in [-0.3, -0.25) is 0 Å². The molecule has 0 fully saturated rings. The minimum Gasteiger partial charge on any atom is -0.452 e. The fraction of sp³-hybridized carbons (Fsp3) is 0.100. The summed E-state index contributed by atoms with van der Waals surface area (Å²) in [7, 11) is 0. The lowest BCUT2D eigenvalue weighted by Gasteiger charge is -2.04. The van der Waals surface area contributed by atoms with Crippen molar-refractivity contribution in [2.45, 2.75) is 13.5 Å². The maximum Gasteiger partial charge on any atom is 0.338 e. The van der Waals surface area contributed by atoms with Crippen LogP contribution in [0, 0.1) is 6.92 Å². The van der Waals surface area contributed by atoms with Crippen LogP contribution in [-0.4, -0.2) is 21.1 Å². The zero-order valence-electron chi connectivity index (χ0n) is 14.3. The summed E-state index contributed by atoms with van der Waals surface area (Å²) in [5, 5.41) is 5.12. The number of esters is 1. The zero-order chi connectivity index (χ0) is 18.8. The molecule has 134 valence electrons. The molecule has 2 aromatic carbocycles. The molecule has 7 heteroatoms. The summed E-state index contributed by atoms with van der Waals surface area (Å²) >= 11 is 5.87. The first-order valence-electron chi connectivity index (χ1n) is 8.21. The van der Waals surface area contributed by atoms with Gasteiger partial charge < -0.3 is 9.26 Å². The highest BCUT2D eigenvalue weighted by Gasteiger charge is 2.13. The molecule has 0 saturated heterocycles. The molecule has 0 spiro atoms. The maximum atomic E-state index is 12.3. The van der Waals surface area contributed by atoms with Crippen LogP contribution in [0.1, 0.15) is 21.8 Å². The standard InChI is InChI=1S/C20H14ClN3O3/c1-12-2-4-13(5-3-12)19-23-18(27-24-19)11-26-20(25)15-6-8-16-14(10-15)7-9-17(21)22-16/h2-10H,11H2,1H3. The molecule has 0 aliphatic heterocycles. The number of benzene rings is 2. The molecule has 0 N–H and O–H groups in total. The quantitative estimate of drug-likeness (QED) is 0.381. The first-order valence-corrected chi connectivity index (χ1v) is 8.59. The minimum absolute atomic E-state index is 0.103. The Morgan fingerprint density at radius 2 is 1.89 bits per heavy atom. The molecule has 0 saturated carbocycles. The number of ether oxygens (including phenoxy) is 1. The molecule has 2 heterocycles. The topological polar surface area (TPSA) is 78.1 Å².